The quantitative estimate of drug-likeness (QED) is 0.347. The first-order valence-electron chi connectivity index (χ1n) is 4.00. The molecule has 0 fully saturated rings. The summed E-state index contributed by atoms with van der Waals surface area (Å²) in [5, 5.41) is 10.4. The molecular weight excluding hydrogens is 382 g/mol. The van der Waals surface area contributed by atoms with Crippen LogP contribution in [0.25, 0.3) is 0 Å². The van der Waals surface area contributed by atoms with Crippen LogP contribution in [0.4, 0.5) is 27.8 Å². The fourth-order valence-electron chi connectivity index (χ4n) is 0.965. The summed E-state index contributed by atoms with van der Waals surface area (Å²) in [5.74, 6) is -2.51. The number of aromatic nitrogens is 1. The highest BCUT2D eigenvalue weighted by molar-refractivity contribution is 14.1. The van der Waals surface area contributed by atoms with Gasteiger partial charge in [0, 0.05) is 4.98 Å². The zero-order valence-electron chi connectivity index (χ0n) is 8.04. The molecule has 1 heterocycles. The van der Waals surface area contributed by atoms with Gasteiger partial charge in [0.1, 0.15) is 9.13 Å². The lowest BCUT2D eigenvalue weighted by molar-refractivity contribution is -0.391. The summed E-state index contributed by atoms with van der Waals surface area (Å²) in [5.41, 5.74) is -1.07. The SMILES string of the molecule is O=[N+]([O-])c1nc(OC(F)(F)F)c(I)cc1C(F)F. The molecule has 18 heavy (non-hydrogen) atoms. The van der Waals surface area contributed by atoms with Crippen LogP contribution in [0.1, 0.15) is 12.0 Å². The molecule has 0 N–H and O–H groups in total. The molecule has 0 aromatic carbocycles. The third-order valence-electron chi connectivity index (χ3n) is 1.57. The summed E-state index contributed by atoms with van der Waals surface area (Å²) in [6.45, 7) is 0. The van der Waals surface area contributed by atoms with Crippen molar-refractivity contribution in [2.24, 2.45) is 0 Å². The molecule has 0 aliphatic carbocycles. The van der Waals surface area contributed by atoms with Gasteiger partial charge in [-0.15, -0.1) is 13.2 Å². The van der Waals surface area contributed by atoms with E-state index in [1.807, 2.05) is 0 Å². The Labute approximate surface area is 109 Å². The molecule has 0 aliphatic heterocycles. The van der Waals surface area contributed by atoms with Gasteiger partial charge in [0.2, 0.25) is 0 Å². The molecule has 0 saturated heterocycles. The van der Waals surface area contributed by atoms with Gasteiger partial charge in [-0.25, -0.2) is 8.78 Å². The van der Waals surface area contributed by atoms with Crippen LogP contribution in [-0.4, -0.2) is 16.3 Å². The first kappa shape index (κ1) is 14.8. The Balaban J connectivity index is 3.32. The first-order chi connectivity index (χ1) is 8.11. The summed E-state index contributed by atoms with van der Waals surface area (Å²) >= 11 is 1.26. The maximum Gasteiger partial charge on any atom is 0.575 e. The molecule has 1 aromatic rings. The van der Waals surface area contributed by atoms with Gasteiger partial charge in [0.25, 0.3) is 6.43 Å². The molecule has 0 aliphatic rings. The molecule has 0 spiro atoms. The first-order valence-corrected chi connectivity index (χ1v) is 5.08. The third kappa shape index (κ3) is 3.61. The van der Waals surface area contributed by atoms with Crippen molar-refractivity contribution >= 4 is 28.4 Å². The van der Waals surface area contributed by atoms with Crippen molar-refractivity contribution in [1.29, 1.82) is 0 Å². The largest absolute Gasteiger partial charge is 0.575 e. The zero-order chi connectivity index (χ0) is 14.1. The van der Waals surface area contributed by atoms with E-state index in [0.717, 1.165) is 0 Å². The van der Waals surface area contributed by atoms with Crippen molar-refractivity contribution in [3.05, 3.63) is 25.3 Å². The number of rotatable bonds is 3. The monoisotopic (exact) mass is 384 g/mol. The van der Waals surface area contributed by atoms with E-state index in [2.05, 4.69) is 9.72 Å². The van der Waals surface area contributed by atoms with E-state index in [1.165, 1.54) is 22.6 Å². The molecule has 0 unspecified atom stereocenters. The average Bonchev–Trinajstić information content (AvgIpc) is 2.17. The predicted molar refractivity (Wildman–Crippen MR) is 55.2 cm³/mol. The normalized spacial score (nSPS) is 11.7. The molecule has 1 aromatic heterocycles. The van der Waals surface area contributed by atoms with Crippen LogP contribution < -0.4 is 4.74 Å². The summed E-state index contributed by atoms with van der Waals surface area (Å²) in [6, 6.07) is 0.525. The topological polar surface area (TPSA) is 65.3 Å². The Morgan fingerprint density at radius 3 is 2.39 bits per heavy atom. The smallest absolute Gasteiger partial charge is 0.366 e. The third-order valence-corrected chi connectivity index (χ3v) is 2.35. The highest BCUT2D eigenvalue weighted by atomic mass is 127. The summed E-state index contributed by atoms with van der Waals surface area (Å²) in [6.07, 6.45) is -8.35. The Morgan fingerprint density at radius 2 is 2.00 bits per heavy atom. The molecule has 1 rings (SSSR count). The molecule has 100 valence electrons. The van der Waals surface area contributed by atoms with Crippen molar-refractivity contribution in [3.8, 4) is 5.88 Å². The lowest BCUT2D eigenvalue weighted by Crippen LogP contribution is -2.19. The minimum absolute atomic E-state index is 0.411. The van der Waals surface area contributed by atoms with E-state index in [1.54, 1.807) is 0 Å². The van der Waals surface area contributed by atoms with Crippen LogP contribution in [0.2, 0.25) is 0 Å². The van der Waals surface area contributed by atoms with Crippen LogP contribution in [0.15, 0.2) is 6.07 Å². The van der Waals surface area contributed by atoms with Crippen LogP contribution in [-0.2, 0) is 0 Å². The molecule has 0 saturated carbocycles. The van der Waals surface area contributed by atoms with E-state index >= 15 is 0 Å². The number of alkyl halides is 5. The van der Waals surface area contributed by atoms with E-state index in [9.17, 15) is 32.1 Å². The molecule has 0 amide bonds. The summed E-state index contributed by atoms with van der Waals surface area (Å²) in [4.78, 5) is 12.0. The van der Waals surface area contributed by atoms with Gasteiger partial charge < -0.3 is 14.9 Å². The van der Waals surface area contributed by atoms with Gasteiger partial charge >= 0.3 is 18.1 Å². The van der Waals surface area contributed by atoms with Crippen LogP contribution in [0.5, 0.6) is 5.88 Å². The fourth-order valence-corrected chi connectivity index (χ4v) is 1.53. The zero-order valence-corrected chi connectivity index (χ0v) is 10.2. The highest BCUT2D eigenvalue weighted by Gasteiger charge is 2.37. The van der Waals surface area contributed by atoms with E-state index in [4.69, 9.17) is 0 Å². The number of nitrogens with zero attached hydrogens (tertiary/aromatic N) is 2. The van der Waals surface area contributed by atoms with Gasteiger partial charge in [-0.1, -0.05) is 0 Å². The fraction of sp³-hybridized carbons (Fsp3) is 0.286. The van der Waals surface area contributed by atoms with Crippen LogP contribution in [0, 0.1) is 13.7 Å². The molecule has 0 atom stereocenters. The summed E-state index contributed by atoms with van der Waals surface area (Å²) < 4.78 is 63.6. The van der Waals surface area contributed by atoms with Crippen LogP contribution in [0.3, 0.4) is 0 Å². The molecule has 0 radical (unpaired) electrons. The van der Waals surface area contributed by atoms with Crippen molar-refractivity contribution in [2.45, 2.75) is 12.8 Å². The van der Waals surface area contributed by atoms with Crippen LogP contribution >= 0.6 is 22.6 Å². The van der Waals surface area contributed by atoms with Crippen molar-refractivity contribution in [3.63, 3.8) is 0 Å². The van der Waals surface area contributed by atoms with E-state index < -0.39 is 38.5 Å². The van der Waals surface area contributed by atoms with Gasteiger partial charge in [-0.2, -0.15) is 0 Å². The van der Waals surface area contributed by atoms with Crippen molar-refractivity contribution in [1.82, 2.24) is 4.98 Å². The number of nitro groups is 1. The number of pyridine rings is 1. The Kier molecular flexibility index (Phi) is 4.24. The Hall–Kier alpha value is -1.27. The number of halogens is 6. The maximum atomic E-state index is 12.4. The predicted octanol–water partition coefficient (Wildman–Crippen LogP) is 3.43. The number of ether oxygens (including phenoxy) is 1. The average molecular weight is 384 g/mol. The van der Waals surface area contributed by atoms with E-state index in [-0.39, 0.29) is 0 Å². The van der Waals surface area contributed by atoms with Gasteiger partial charge in [0.15, 0.2) is 0 Å². The minimum atomic E-state index is -5.12. The minimum Gasteiger partial charge on any atom is -0.366 e. The van der Waals surface area contributed by atoms with E-state index in [0.29, 0.717) is 6.07 Å². The molecular formula is C7H2F5IN2O3. The second kappa shape index (κ2) is 5.16. The molecule has 11 heteroatoms. The number of hydrogen-bond donors (Lipinski definition) is 0. The maximum absolute atomic E-state index is 12.4. The van der Waals surface area contributed by atoms with Crippen molar-refractivity contribution < 1.29 is 31.6 Å². The molecule has 0 bridgehead atoms. The summed E-state index contributed by atoms with van der Waals surface area (Å²) in [7, 11) is 0. The van der Waals surface area contributed by atoms with Gasteiger partial charge in [0.05, 0.1) is 0 Å². The standard InChI is InChI=1S/C7H2F5IN2O3/c8-4(9)2-1-3(13)6(18-7(10,11)12)14-5(2)15(16)17/h1,4H. The van der Waals surface area contributed by atoms with Gasteiger partial charge in [-0.3, -0.25) is 0 Å². The Bertz CT molecular complexity index is 479. The number of hydrogen-bond acceptors (Lipinski definition) is 4. The highest BCUT2D eigenvalue weighted by Crippen LogP contribution is 2.34. The molecule has 5 nitrogen and oxygen atoms in total. The Morgan fingerprint density at radius 1 is 1.44 bits per heavy atom. The second-order valence-electron chi connectivity index (χ2n) is 2.79. The van der Waals surface area contributed by atoms with Crippen molar-refractivity contribution in [2.75, 3.05) is 0 Å². The van der Waals surface area contributed by atoms with Gasteiger partial charge in [-0.05, 0) is 33.6 Å². The lowest BCUT2D eigenvalue weighted by Gasteiger charge is -2.08. The lowest BCUT2D eigenvalue weighted by atomic mass is 10.2. The second-order valence-corrected chi connectivity index (χ2v) is 3.96.